The van der Waals surface area contributed by atoms with E-state index in [2.05, 4.69) is 229 Å². The van der Waals surface area contributed by atoms with Crippen molar-refractivity contribution >= 4 is 49.6 Å². The Morgan fingerprint density at radius 1 is 0.339 bits per heavy atom. The van der Waals surface area contributed by atoms with Crippen LogP contribution in [0.1, 0.15) is 6.92 Å². The lowest BCUT2D eigenvalue weighted by molar-refractivity contribution is 0.827. The van der Waals surface area contributed by atoms with Gasteiger partial charge in [0.05, 0.1) is 5.69 Å². The molecular formula is C54H40N2. The zero-order valence-corrected chi connectivity index (χ0v) is 31.3. The van der Waals surface area contributed by atoms with Crippen LogP contribution >= 0.6 is 0 Å². The van der Waals surface area contributed by atoms with Crippen LogP contribution in [0.5, 0.6) is 0 Å². The number of hydrogen-bond acceptors (Lipinski definition) is 1. The Hall–Kier alpha value is -7.16. The van der Waals surface area contributed by atoms with Crippen LogP contribution in [0, 0.1) is 0 Å². The molecule has 1 heterocycles. The van der Waals surface area contributed by atoms with E-state index in [0.717, 1.165) is 23.6 Å². The quantitative estimate of drug-likeness (QED) is 0.152. The summed E-state index contributed by atoms with van der Waals surface area (Å²) in [6.07, 6.45) is 0. The van der Waals surface area contributed by atoms with Crippen LogP contribution in [-0.2, 0) is 6.54 Å². The Balaban J connectivity index is 0.963. The molecule has 0 aliphatic carbocycles. The van der Waals surface area contributed by atoms with Crippen LogP contribution in [0.4, 0.5) is 17.1 Å². The minimum absolute atomic E-state index is 0.954. The molecule has 0 N–H and O–H groups in total. The predicted octanol–water partition coefficient (Wildman–Crippen LogP) is 15.1. The molecular weight excluding hydrogens is 677 g/mol. The molecule has 0 atom stereocenters. The van der Waals surface area contributed by atoms with Crippen LogP contribution in [0.2, 0.25) is 0 Å². The van der Waals surface area contributed by atoms with Crippen molar-refractivity contribution in [2.75, 3.05) is 4.90 Å². The summed E-state index contributed by atoms with van der Waals surface area (Å²) in [5.41, 5.74) is 15.7. The summed E-state index contributed by atoms with van der Waals surface area (Å²) in [5, 5.41) is 5.05. The van der Waals surface area contributed by atoms with Gasteiger partial charge in [-0.15, -0.1) is 0 Å². The molecule has 0 radical (unpaired) electrons. The molecule has 1 aromatic heterocycles. The zero-order valence-electron chi connectivity index (χ0n) is 31.3. The van der Waals surface area contributed by atoms with E-state index < -0.39 is 0 Å². The molecule has 9 aromatic carbocycles. The molecule has 56 heavy (non-hydrogen) atoms. The fourth-order valence-corrected chi connectivity index (χ4v) is 8.45. The number of rotatable bonds is 8. The number of benzene rings is 9. The van der Waals surface area contributed by atoms with E-state index in [4.69, 9.17) is 0 Å². The van der Waals surface area contributed by atoms with Gasteiger partial charge in [-0.2, -0.15) is 0 Å². The molecule has 2 nitrogen and oxygen atoms in total. The Labute approximate surface area is 328 Å². The van der Waals surface area contributed by atoms with E-state index in [9.17, 15) is 0 Å². The monoisotopic (exact) mass is 716 g/mol. The predicted molar refractivity (Wildman–Crippen MR) is 239 cm³/mol. The molecule has 0 spiro atoms. The number of nitrogens with zero attached hydrogens (tertiary/aromatic N) is 2. The molecule has 0 bridgehead atoms. The smallest absolute Gasteiger partial charge is 0.0540 e. The molecule has 0 amide bonds. The van der Waals surface area contributed by atoms with E-state index in [-0.39, 0.29) is 0 Å². The van der Waals surface area contributed by atoms with Crippen molar-refractivity contribution in [3.63, 3.8) is 0 Å². The van der Waals surface area contributed by atoms with Crippen molar-refractivity contribution in [3.8, 4) is 44.5 Å². The van der Waals surface area contributed by atoms with Gasteiger partial charge < -0.3 is 9.47 Å². The molecule has 0 saturated carbocycles. The summed E-state index contributed by atoms with van der Waals surface area (Å²) in [7, 11) is 0. The molecule has 0 saturated heterocycles. The highest BCUT2D eigenvalue weighted by Crippen LogP contribution is 2.42. The van der Waals surface area contributed by atoms with Gasteiger partial charge in [0.2, 0.25) is 0 Å². The minimum atomic E-state index is 0.954. The summed E-state index contributed by atoms with van der Waals surface area (Å²) >= 11 is 0. The Bertz CT molecular complexity index is 2960. The zero-order chi connectivity index (χ0) is 37.4. The highest BCUT2D eigenvalue weighted by atomic mass is 15.1. The van der Waals surface area contributed by atoms with E-state index in [1.807, 2.05) is 0 Å². The summed E-state index contributed by atoms with van der Waals surface area (Å²) < 4.78 is 2.41. The standard InChI is InChI=1S/C54H40N2/c1-2-55-52-21-10-9-17-50(52)51-37-44(33-36-53(51)55)42-25-23-39(24-26-42)40-27-29-43(30-28-40)47-18-11-20-49-48(47)19-12-22-54(49)56(45-15-7-4-8-16-45)46-34-31-41(32-35-46)38-13-5-3-6-14-38/h3-37H,2H2,1H3. The molecule has 0 fully saturated rings. The third kappa shape index (κ3) is 5.93. The minimum Gasteiger partial charge on any atom is -0.341 e. The van der Waals surface area contributed by atoms with Crippen LogP contribution < -0.4 is 4.90 Å². The van der Waals surface area contributed by atoms with Gasteiger partial charge in [0.25, 0.3) is 0 Å². The fraction of sp³-hybridized carbons (Fsp3) is 0.0370. The molecule has 2 heteroatoms. The number of aryl methyl sites for hydroxylation is 1. The number of aromatic nitrogens is 1. The van der Waals surface area contributed by atoms with Gasteiger partial charge in [0.15, 0.2) is 0 Å². The van der Waals surface area contributed by atoms with Crippen molar-refractivity contribution in [1.29, 1.82) is 0 Å². The van der Waals surface area contributed by atoms with Gasteiger partial charge in [0, 0.05) is 45.1 Å². The Morgan fingerprint density at radius 3 is 1.52 bits per heavy atom. The Morgan fingerprint density at radius 2 is 0.821 bits per heavy atom. The maximum absolute atomic E-state index is 2.41. The third-order valence-corrected chi connectivity index (χ3v) is 11.2. The molecule has 10 rings (SSSR count). The van der Waals surface area contributed by atoms with E-state index in [1.54, 1.807) is 0 Å². The van der Waals surface area contributed by atoms with Gasteiger partial charge in [-0.3, -0.25) is 0 Å². The number of hydrogen-bond donors (Lipinski definition) is 0. The SMILES string of the molecule is CCn1c2ccccc2c2cc(-c3ccc(-c4ccc(-c5cccc6c(N(c7ccccc7)c7ccc(-c8ccccc8)cc7)cccc56)cc4)cc3)ccc21. The first-order valence-corrected chi connectivity index (χ1v) is 19.5. The normalized spacial score (nSPS) is 11.4. The summed E-state index contributed by atoms with van der Waals surface area (Å²) in [4.78, 5) is 2.37. The maximum atomic E-state index is 2.41. The summed E-state index contributed by atoms with van der Waals surface area (Å²) in [6.45, 7) is 3.17. The first kappa shape index (κ1) is 33.4. The van der Waals surface area contributed by atoms with Crippen LogP contribution in [-0.4, -0.2) is 4.57 Å². The van der Waals surface area contributed by atoms with E-state index in [0.29, 0.717) is 0 Å². The summed E-state index contributed by atoms with van der Waals surface area (Å²) in [6, 6.07) is 77.1. The first-order chi connectivity index (χ1) is 27.7. The molecule has 0 aliphatic rings. The number of fused-ring (bicyclic) bond motifs is 4. The average Bonchev–Trinajstić information content (AvgIpc) is 3.60. The largest absolute Gasteiger partial charge is 0.341 e. The van der Waals surface area contributed by atoms with Crippen molar-refractivity contribution in [1.82, 2.24) is 4.57 Å². The van der Waals surface area contributed by atoms with E-state index in [1.165, 1.54) is 77.1 Å². The highest BCUT2D eigenvalue weighted by molar-refractivity contribution is 6.09. The van der Waals surface area contributed by atoms with Gasteiger partial charge >= 0.3 is 0 Å². The second-order valence-corrected chi connectivity index (χ2v) is 14.4. The first-order valence-electron chi connectivity index (χ1n) is 19.5. The molecule has 0 unspecified atom stereocenters. The van der Waals surface area contributed by atoms with Crippen LogP contribution in [0.15, 0.2) is 212 Å². The van der Waals surface area contributed by atoms with Gasteiger partial charge in [0.1, 0.15) is 0 Å². The number of anilines is 3. The lowest BCUT2D eigenvalue weighted by Crippen LogP contribution is -2.10. The second kappa shape index (κ2) is 14.2. The maximum Gasteiger partial charge on any atom is 0.0540 e. The second-order valence-electron chi connectivity index (χ2n) is 14.4. The van der Waals surface area contributed by atoms with Crippen molar-refractivity contribution < 1.29 is 0 Å². The average molecular weight is 717 g/mol. The van der Waals surface area contributed by atoms with Crippen molar-refractivity contribution in [3.05, 3.63) is 212 Å². The van der Waals surface area contributed by atoms with Crippen molar-refractivity contribution in [2.45, 2.75) is 13.5 Å². The van der Waals surface area contributed by atoms with Gasteiger partial charge in [-0.25, -0.2) is 0 Å². The topological polar surface area (TPSA) is 8.17 Å². The highest BCUT2D eigenvalue weighted by Gasteiger charge is 2.17. The molecule has 0 aliphatic heterocycles. The fourth-order valence-electron chi connectivity index (χ4n) is 8.45. The van der Waals surface area contributed by atoms with Gasteiger partial charge in [-0.1, -0.05) is 164 Å². The van der Waals surface area contributed by atoms with E-state index >= 15 is 0 Å². The summed E-state index contributed by atoms with van der Waals surface area (Å²) in [5.74, 6) is 0. The lowest BCUT2D eigenvalue weighted by atomic mass is 9.94. The van der Waals surface area contributed by atoms with Crippen LogP contribution in [0.3, 0.4) is 0 Å². The molecule has 10 aromatic rings. The number of para-hydroxylation sites is 2. The third-order valence-electron chi connectivity index (χ3n) is 11.2. The van der Waals surface area contributed by atoms with Gasteiger partial charge in [-0.05, 0) is 105 Å². The lowest BCUT2D eigenvalue weighted by Gasteiger charge is -2.27. The van der Waals surface area contributed by atoms with Crippen LogP contribution in [0.25, 0.3) is 77.1 Å². The van der Waals surface area contributed by atoms with Crippen molar-refractivity contribution in [2.24, 2.45) is 0 Å². The Kier molecular flexibility index (Phi) is 8.50. The molecule has 266 valence electrons.